The first-order valence-electron chi connectivity index (χ1n) is 8.96. The molecule has 2 aromatic carbocycles. The summed E-state index contributed by atoms with van der Waals surface area (Å²) in [7, 11) is 3.22. The number of carbonyl (C=O) groups is 1. The van der Waals surface area contributed by atoms with Crippen molar-refractivity contribution in [2.75, 3.05) is 27.4 Å². The molecular weight excluding hydrogens is 346 g/mol. The number of benzene rings is 2. The molecule has 1 aliphatic heterocycles. The number of rotatable bonds is 8. The molecule has 2 unspecified atom stereocenters. The Morgan fingerprint density at radius 1 is 1.11 bits per heavy atom. The van der Waals surface area contributed by atoms with Gasteiger partial charge >= 0.3 is 6.09 Å². The Balaban J connectivity index is 1.57. The van der Waals surface area contributed by atoms with Crippen LogP contribution in [0.4, 0.5) is 4.79 Å². The van der Waals surface area contributed by atoms with Crippen LogP contribution in [0.5, 0.6) is 17.2 Å². The van der Waals surface area contributed by atoms with Crippen molar-refractivity contribution in [3.05, 3.63) is 54.1 Å². The van der Waals surface area contributed by atoms with E-state index in [0.29, 0.717) is 31.1 Å². The van der Waals surface area contributed by atoms with Crippen LogP contribution in [0.25, 0.3) is 0 Å². The second-order valence-corrected chi connectivity index (χ2v) is 6.52. The molecule has 144 valence electrons. The maximum atomic E-state index is 12.3. The molecule has 0 aliphatic carbocycles. The van der Waals surface area contributed by atoms with Crippen molar-refractivity contribution in [2.45, 2.75) is 25.5 Å². The average molecular weight is 371 g/mol. The van der Waals surface area contributed by atoms with E-state index >= 15 is 0 Å². The minimum absolute atomic E-state index is 0.00248. The van der Waals surface area contributed by atoms with E-state index in [0.717, 1.165) is 11.3 Å². The number of cyclic esters (lactones) is 1. The second kappa shape index (κ2) is 8.66. The summed E-state index contributed by atoms with van der Waals surface area (Å²) in [6, 6.07) is 15.3. The quantitative estimate of drug-likeness (QED) is 0.710. The number of ether oxygens (including phenoxy) is 4. The van der Waals surface area contributed by atoms with Gasteiger partial charge in [0.15, 0.2) is 17.6 Å². The van der Waals surface area contributed by atoms with E-state index in [-0.39, 0.29) is 18.2 Å². The fraction of sp³-hybridized carbons (Fsp3) is 0.381. The van der Waals surface area contributed by atoms with Gasteiger partial charge in [0, 0.05) is 6.04 Å². The number of carbonyl (C=O) groups excluding carboxylic acids is 1. The summed E-state index contributed by atoms with van der Waals surface area (Å²) in [5.74, 6) is 2.14. The average Bonchev–Trinajstić information content (AvgIpc) is 3.08. The molecule has 1 saturated heterocycles. The van der Waals surface area contributed by atoms with Crippen LogP contribution in [0.1, 0.15) is 12.5 Å². The van der Waals surface area contributed by atoms with Gasteiger partial charge in [-0.2, -0.15) is 0 Å². The lowest BCUT2D eigenvalue weighted by molar-refractivity contribution is 0.102. The normalized spacial score (nSPS) is 17.4. The maximum absolute atomic E-state index is 12.3. The Bertz CT molecular complexity index is 764. The van der Waals surface area contributed by atoms with Crippen molar-refractivity contribution in [2.24, 2.45) is 0 Å². The van der Waals surface area contributed by atoms with Gasteiger partial charge in [-0.15, -0.1) is 0 Å². The summed E-state index contributed by atoms with van der Waals surface area (Å²) in [5, 5.41) is 0. The van der Waals surface area contributed by atoms with Crippen LogP contribution in [0.3, 0.4) is 0 Å². The zero-order valence-electron chi connectivity index (χ0n) is 15.9. The molecule has 1 amide bonds. The number of methoxy groups -OCH3 is 2. The van der Waals surface area contributed by atoms with Crippen molar-refractivity contribution in [3.63, 3.8) is 0 Å². The third-order valence-electron chi connectivity index (χ3n) is 4.59. The summed E-state index contributed by atoms with van der Waals surface area (Å²) in [5.41, 5.74) is 1.07. The van der Waals surface area contributed by atoms with Crippen LogP contribution < -0.4 is 14.2 Å². The highest BCUT2D eigenvalue weighted by Gasteiger charge is 2.34. The van der Waals surface area contributed by atoms with E-state index < -0.39 is 0 Å². The third-order valence-corrected chi connectivity index (χ3v) is 4.59. The van der Waals surface area contributed by atoms with Crippen molar-refractivity contribution < 1.29 is 23.7 Å². The number of hydrogen-bond donors (Lipinski definition) is 0. The molecule has 1 heterocycles. The second-order valence-electron chi connectivity index (χ2n) is 6.52. The van der Waals surface area contributed by atoms with Gasteiger partial charge in [0.2, 0.25) is 0 Å². The van der Waals surface area contributed by atoms with E-state index in [2.05, 4.69) is 0 Å². The van der Waals surface area contributed by atoms with Crippen molar-refractivity contribution in [1.29, 1.82) is 0 Å². The predicted molar refractivity (Wildman–Crippen MR) is 102 cm³/mol. The van der Waals surface area contributed by atoms with E-state index in [1.54, 1.807) is 19.1 Å². The first-order valence-corrected chi connectivity index (χ1v) is 8.96. The minimum atomic E-state index is -0.301. The lowest BCUT2D eigenvalue weighted by atomic mass is 10.1. The summed E-state index contributed by atoms with van der Waals surface area (Å²) in [4.78, 5) is 14.0. The highest BCUT2D eigenvalue weighted by molar-refractivity contribution is 5.70. The molecular formula is C21H25NO5. The predicted octanol–water partition coefficient (Wildman–Crippen LogP) is 3.53. The van der Waals surface area contributed by atoms with Gasteiger partial charge in [0.25, 0.3) is 0 Å². The number of para-hydroxylation sites is 1. The van der Waals surface area contributed by atoms with Crippen LogP contribution in [0, 0.1) is 0 Å². The summed E-state index contributed by atoms with van der Waals surface area (Å²) < 4.78 is 21.8. The van der Waals surface area contributed by atoms with Gasteiger partial charge in [0.1, 0.15) is 12.4 Å². The summed E-state index contributed by atoms with van der Waals surface area (Å²) >= 11 is 0. The highest BCUT2D eigenvalue weighted by atomic mass is 16.6. The molecule has 0 spiro atoms. The van der Waals surface area contributed by atoms with E-state index in [4.69, 9.17) is 18.9 Å². The Kier molecular flexibility index (Phi) is 6.06. The molecule has 6 heteroatoms. The summed E-state index contributed by atoms with van der Waals surface area (Å²) in [6.07, 6.45) is 0.122. The lowest BCUT2D eigenvalue weighted by Crippen LogP contribution is -2.36. The Morgan fingerprint density at radius 3 is 2.56 bits per heavy atom. The van der Waals surface area contributed by atoms with Gasteiger partial charge in [-0.25, -0.2) is 4.79 Å². The zero-order chi connectivity index (χ0) is 19.2. The number of amides is 1. The molecule has 3 rings (SSSR count). The van der Waals surface area contributed by atoms with Crippen LogP contribution >= 0.6 is 0 Å². The van der Waals surface area contributed by atoms with Gasteiger partial charge in [-0.05, 0) is 43.2 Å². The molecule has 0 N–H and O–H groups in total. The van der Waals surface area contributed by atoms with Crippen LogP contribution in [-0.4, -0.2) is 50.5 Å². The van der Waals surface area contributed by atoms with Crippen molar-refractivity contribution in [3.8, 4) is 17.2 Å². The molecule has 1 aliphatic rings. The van der Waals surface area contributed by atoms with E-state index in [9.17, 15) is 4.79 Å². The molecule has 1 fully saturated rings. The molecule has 0 aromatic heterocycles. The molecule has 2 aromatic rings. The number of hydrogen-bond acceptors (Lipinski definition) is 5. The van der Waals surface area contributed by atoms with Crippen molar-refractivity contribution in [1.82, 2.24) is 4.90 Å². The standard InChI is InChI=1S/C21H25NO5/c1-15(11-16-9-10-19(24-2)20(12-16)25-3)22-13-18(27-21(22)23)14-26-17-7-5-4-6-8-17/h4-10,12,15,18H,11,13-14H2,1-3H3. The van der Waals surface area contributed by atoms with Crippen LogP contribution in [-0.2, 0) is 11.2 Å². The first-order chi connectivity index (χ1) is 13.1. The SMILES string of the molecule is COc1ccc(CC(C)N2CC(COc3ccccc3)OC2=O)cc1OC. The summed E-state index contributed by atoms with van der Waals surface area (Å²) in [6.45, 7) is 2.87. The van der Waals surface area contributed by atoms with E-state index in [1.807, 2.05) is 55.5 Å². The number of nitrogens with zero attached hydrogens (tertiary/aromatic N) is 1. The fourth-order valence-electron chi connectivity index (χ4n) is 3.15. The van der Waals surface area contributed by atoms with Gasteiger partial charge < -0.3 is 23.8 Å². The van der Waals surface area contributed by atoms with Crippen LogP contribution in [0.2, 0.25) is 0 Å². The molecule has 6 nitrogen and oxygen atoms in total. The monoisotopic (exact) mass is 371 g/mol. The maximum Gasteiger partial charge on any atom is 0.410 e. The van der Waals surface area contributed by atoms with E-state index in [1.165, 1.54) is 0 Å². The largest absolute Gasteiger partial charge is 0.493 e. The van der Waals surface area contributed by atoms with Gasteiger partial charge in [0.05, 0.1) is 20.8 Å². The molecule has 27 heavy (non-hydrogen) atoms. The Labute approximate surface area is 159 Å². The third kappa shape index (κ3) is 4.64. The van der Waals surface area contributed by atoms with Gasteiger partial charge in [-0.1, -0.05) is 24.3 Å². The molecule has 0 saturated carbocycles. The van der Waals surface area contributed by atoms with Crippen molar-refractivity contribution >= 4 is 6.09 Å². The highest BCUT2D eigenvalue weighted by Crippen LogP contribution is 2.29. The topological polar surface area (TPSA) is 57.2 Å². The lowest BCUT2D eigenvalue weighted by Gasteiger charge is -2.22. The zero-order valence-corrected chi connectivity index (χ0v) is 15.9. The molecule has 0 radical (unpaired) electrons. The molecule has 2 atom stereocenters. The van der Waals surface area contributed by atoms with Gasteiger partial charge in [-0.3, -0.25) is 0 Å². The van der Waals surface area contributed by atoms with Crippen LogP contribution in [0.15, 0.2) is 48.5 Å². The first kappa shape index (κ1) is 18.9. The Hall–Kier alpha value is -2.89. The minimum Gasteiger partial charge on any atom is -0.493 e. The smallest absolute Gasteiger partial charge is 0.410 e. The molecule has 0 bridgehead atoms. The fourth-order valence-corrected chi connectivity index (χ4v) is 3.15. The Morgan fingerprint density at radius 2 is 1.85 bits per heavy atom.